The van der Waals surface area contributed by atoms with Gasteiger partial charge in [-0.2, -0.15) is 0 Å². The number of halogens is 1. The Morgan fingerprint density at radius 3 is 2.81 bits per heavy atom. The van der Waals surface area contributed by atoms with Crippen molar-refractivity contribution in [2.45, 2.75) is 0 Å². The minimum Gasteiger partial charge on any atom is -0.384 e. The van der Waals surface area contributed by atoms with Gasteiger partial charge in [0.1, 0.15) is 11.6 Å². The lowest BCUT2D eigenvalue weighted by Gasteiger charge is -2.09. The zero-order valence-electron chi connectivity index (χ0n) is 10.9. The van der Waals surface area contributed by atoms with Crippen LogP contribution >= 0.6 is 15.9 Å². The number of hydrogen-bond acceptors (Lipinski definition) is 4. The number of nitrogen functional groups attached to an aromatic ring is 1. The third-order valence-corrected chi connectivity index (χ3v) is 3.61. The normalized spacial score (nSPS) is 10.5. The zero-order valence-corrected chi connectivity index (χ0v) is 12.5. The first kappa shape index (κ1) is 13.5. The Morgan fingerprint density at radius 1 is 1.19 bits per heavy atom. The zero-order chi connectivity index (χ0) is 14.8. The van der Waals surface area contributed by atoms with E-state index in [0.29, 0.717) is 27.2 Å². The molecule has 6 heteroatoms. The van der Waals surface area contributed by atoms with Crippen LogP contribution in [0.5, 0.6) is 0 Å². The van der Waals surface area contributed by atoms with E-state index in [2.05, 4.69) is 31.2 Å². The topological polar surface area (TPSA) is 80.9 Å². The molecule has 5 nitrogen and oxygen atoms in total. The van der Waals surface area contributed by atoms with Crippen molar-refractivity contribution in [3.8, 4) is 0 Å². The number of amides is 1. The highest BCUT2D eigenvalue weighted by molar-refractivity contribution is 9.10. The number of para-hydroxylation sites is 1. The summed E-state index contributed by atoms with van der Waals surface area (Å²) < 4.78 is 0.713. The van der Waals surface area contributed by atoms with Crippen LogP contribution in [0.1, 0.15) is 10.4 Å². The van der Waals surface area contributed by atoms with E-state index in [-0.39, 0.29) is 5.91 Å². The van der Waals surface area contributed by atoms with E-state index in [9.17, 15) is 4.79 Å². The van der Waals surface area contributed by atoms with Crippen molar-refractivity contribution in [2.24, 2.45) is 0 Å². The molecule has 3 aromatic rings. The highest BCUT2D eigenvalue weighted by Crippen LogP contribution is 2.23. The van der Waals surface area contributed by atoms with Gasteiger partial charge in [-0.3, -0.25) is 4.79 Å². The molecule has 1 aromatic carbocycles. The lowest BCUT2D eigenvalue weighted by atomic mass is 10.1. The quantitative estimate of drug-likeness (QED) is 0.749. The molecule has 2 aromatic heterocycles. The fourth-order valence-electron chi connectivity index (χ4n) is 2.04. The number of benzene rings is 1. The Kier molecular flexibility index (Phi) is 3.53. The summed E-state index contributed by atoms with van der Waals surface area (Å²) in [6, 6.07) is 12.5. The molecule has 3 rings (SSSR count). The molecule has 21 heavy (non-hydrogen) atoms. The molecule has 0 spiro atoms. The summed E-state index contributed by atoms with van der Waals surface area (Å²) in [4.78, 5) is 20.8. The van der Waals surface area contributed by atoms with Crippen LogP contribution in [0.4, 0.5) is 11.6 Å². The number of aromatic nitrogens is 2. The van der Waals surface area contributed by atoms with Crippen LogP contribution in [0.2, 0.25) is 0 Å². The molecular formula is C15H11BrN4O. The molecule has 0 saturated heterocycles. The maximum atomic E-state index is 12.5. The van der Waals surface area contributed by atoms with E-state index in [1.807, 2.05) is 30.3 Å². The Balaban J connectivity index is 2.04. The Morgan fingerprint density at radius 2 is 2.00 bits per heavy atom. The molecule has 0 fully saturated rings. The standard InChI is InChI=1S/C15H11BrN4O/c16-11-5-3-7-18-14(11)20-15(21)10-8-13(17)19-12-6-2-1-4-9(10)12/h1-8H,(H2,17,19)(H,18,20,21). The van der Waals surface area contributed by atoms with Crippen LogP contribution in [-0.2, 0) is 0 Å². The van der Waals surface area contributed by atoms with Gasteiger partial charge in [-0.1, -0.05) is 18.2 Å². The SMILES string of the molecule is Nc1cc(C(=O)Nc2ncccc2Br)c2ccccc2n1. The van der Waals surface area contributed by atoms with Crippen LogP contribution in [-0.4, -0.2) is 15.9 Å². The van der Waals surface area contributed by atoms with Gasteiger partial charge in [-0.15, -0.1) is 0 Å². The first-order valence-electron chi connectivity index (χ1n) is 6.22. The number of carbonyl (C=O) groups is 1. The number of pyridine rings is 2. The van der Waals surface area contributed by atoms with Crippen molar-refractivity contribution in [1.29, 1.82) is 0 Å². The molecule has 0 aliphatic heterocycles. The summed E-state index contributed by atoms with van der Waals surface area (Å²) in [7, 11) is 0. The van der Waals surface area contributed by atoms with Gasteiger partial charge in [0.15, 0.2) is 0 Å². The summed E-state index contributed by atoms with van der Waals surface area (Å²) in [5, 5.41) is 3.51. The van der Waals surface area contributed by atoms with Crippen molar-refractivity contribution >= 4 is 44.4 Å². The van der Waals surface area contributed by atoms with E-state index >= 15 is 0 Å². The molecule has 0 saturated carbocycles. The van der Waals surface area contributed by atoms with E-state index < -0.39 is 0 Å². The molecule has 2 heterocycles. The fourth-order valence-corrected chi connectivity index (χ4v) is 2.39. The van der Waals surface area contributed by atoms with E-state index in [4.69, 9.17) is 5.73 Å². The molecule has 0 radical (unpaired) electrons. The van der Waals surface area contributed by atoms with Crippen LogP contribution in [0.15, 0.2) is 53.1 Å². The van der Waals surface area contributed by atoms with E-state index in [1.54, 1.807) is 18.3 Å². The number of hydrogen-bond donors (Lipinski definition) is 2. The lowest BCUT2D eigenvalue weighted by molar-refractivity contribution is 0.102. The van der Waals surface area contributed by atoms with Gasteiger partial charge in [0.05, 0.1) is 15.6 Å². The maximum absolute atomic E-state index is 12.5. The highest BCUT2D eigenvalue weighted by atomic mass is 79.9. The first-order valence-corrected chi connectivity index (χ1v) is 7.01. The van der Waals surface area contributed by atoms with Gasteiger partial charge in [-0.25, -0.2) is 9.97 Å². The molecular weight excluding hydrogens is 332 g/mol. The Hall–Kier alpha value is -2.47. The van der Waals surface area contributed by atoms with Gasteiger partial charge in [0.2, 0.25) is 0 Å². The predicted molar refractivity (Wildman–Crippen MR) is 86.0 cm³/mol. The van der Waals surface area contributed by atoms with Crippen molar-refractivity contribution in [2.75, 3.05) is 11.1 Å². The van der Waals surface area contributed by atoms with Crippen LogP contribution in [0, 0.1) is 0 Å². The third kappa shape index (κ3) is 2.71. The number of nitrogens with zero attached hydrogens (tertiary/aromatic N) is 2. The molecule has 0 atom stereocenters. The number of anilines is 2. The molecule has 0 unspecified atom stereocenters. The summed E-state index contributed by atoms with van der Waals surface area (Å²) >= 11 is 3.35. The highest BCUT2D eigenvalue weighted by Gasteiger charge is 2.13. The van der Waals surface area contributed by atoms with Gasteiger partial charge in [0.25, 0.3) is 5.91 Å². The van der Waals surface area contributed by atoms with Crippen LogP contribution in [0.3, 0.4) is 0 Å². The largest absolute Gasteiger partial charge is 0.384 e. The molecule has 3 N–H and O–H groups in total. The van der Waals surface area contributed by atoms with Crippen molar-refractivity contribution in [3.05, 3.63) is 58.7 Å². The average Bonchev–Trinajstić information content (AvgIpc) is 2.48. The summed E-state index contributed by atoms with van der Waals surface area (Å²) in [5.74, 6) is 0.487. The van der Waals surface area contributed by atoms with Crippen molar-refractivity contribution in [1.82, 2.24) is 9.97 Å². The maximum Gasteiger partial charge on any atom is 0.257 e. The molecule has 0 aliphatic carbocycles. The van der Waals surface area contributed by atoms with Gasteiger partial charge >= 0.3 is 0 Å². The number of nitrogens with one attached hydrogen (secondary N) is 1. The summed E-state index contributed by atoms with van der Waals surface area (Å²) in [5.41, 5.74) is 6.92. The number of nitrogens with two attached hydrogens (primary N) is 1. The van der Waals surface area contributed by atoms with Crippen molar-refractivity contribution in [3.63, 3.8) is 0 Å². The Bertz CT molecular complexity index is 835. The van der Waals surface area contributed by atoms with Crippen LogP contribution in [0.25, 0.3) is 10.9 Å². The number of fused-ring (bicyclic) bond motifs is 1. The third-order valence-electron chi connectivity index (χ3n) is 2.97. The van der Waals surface area contributed by atoms with E-state index in [0.717, 1.165) is 5.39 Å². The first-order chi connectivity index (χ1) is 10.1. The van der Waals surface area contributed by atoms with Gasteiger partial charge in [-0.05, 0) is 40.2 Å². The van der Waals surface area contributed by atoms with E-state index in [1.165, 1.54) is 0 Å². The Labute approximate surface area is 129 Å². The minimum atomic E-state index is -0.278. The molecule has 1 amide bonds. The minimum absolute atomic E-state index is 0.278. The number of rotatable bonds is 2. The second kappa shape index (κ2) is 5.49. The monoisotopic (exact) mass is 342 g/mol. The van der Waals surface area contributed by atoms with Crippen LogP contribution < -0.4 is 11.1 Å². The van der Waals surface area contributed by atoms with Gasteiger partial charge < -0.3 is 11.1 Å². The second-order valence-electron chi connectivity index (χ2n) is 4.40. The smallest absolute Gasteiger partial charge is 0.257 e. The second-order valence-corrected chi connectivity index (χ2v) is 5.25. The van der Waals surface area contributed by atoms with Gasteiger partial charge in [0, 0.05) is 11.6 Å². The number of carbonyl (C=O) groups excluding carboxylic acids is 1. The average molecular weight is 343 g/mol. The molecule has 0 bridgehead atoms. The summed E-state index contributed by atoms with van der Waals surface area (Å²) in [6.45, 7) is 0. The molecule has 0 aliphatic rings. The predicted octanol–water partition coefficient (Wildman–Crippen LogP) is 3.23. The van der Waals surface area contributed by atoms with Crippen molar-refractivity contribution < 1.29 is 4.79 Å². The summed E-state index contributed by atoms with van der Waals surface area (Å²) in [6.07, 6.45) is 1.61. The lowest BCUT2D eigenvalue weighted by Crippen LogP contribution is -2.14. The molecule has 104 valence electrons. The fraction of sp³-hybridized carbons (Fsp3) is 0.